The van der Waals surface area contributed by atoms with Crippen molar-refractivity contribution in [1.82, 2.24) is 15.5 Å². The number of carbonyl (C=O) groups is 2. The van der Waals surface area contributed by atoms with Gasteiger partial charge in [-0.15, -0.1) is 0 Å². The van der Waals surface area contributed by atoms with E-state index < -0.39 is 11.9 Å². The molecule has 0 fully saturated rings. The van der Waals surface area contributed by atoms with Gasteiger partial charge < -0.3 is 14.6 Å². The van der Waals surface area contributed by atoms with Crippen molar-refractivity contribution < 1.29 is 23.2 Å². The third-order valence-electron chi connectivity index (χ3n) is 4.95. The zero-order valence-corrected chi connectivity index (χ0v) is 17.7. The van der Waals surface area contributed by atoms with E-state index in [9.17, 15) is 14.0 Å². The van der Waals surface area contributed by atoms with Gasteiger partial charge in [0.25, 0.3) is 5.91 Å². The molecule has 0 unspecified atom stereocenters. The lowest BCUT2D eigenvalue weighted by molar-refractivity contribution is 0.0932. The Labute approximate surface area is 189 Å². The van der Waals surface area contributed by atoms with E-state index in [1.807, 2.05) is 0 Å². The molecule has 4 aromatic rings. The van der Waals surface area contributed by atoms with Gasteiger partial charge in [0.1, 0.15) is 18.2 Å². The Balaban J connectivity index is 1.44. The Morgan fingerprint density at radius 1 is 1.00 bits per heavy atom. The Morgan fingerprint density at radius 2 is 1.67 bits per heavy atom. The number of carbonyl (C=O) groups excluding carboxylic acids is 2. The van der Waals surface area contributed by atoms with Gasteiger partial charge in [0.2, 0.25) is 0 Å². The van der Waals surface area contributed by atoms with Crippen molar-refractivity contribution in [3.63, 3.8) is 0 Å². The summed E-state index contributed by atoms with van der Waals surface area (Å²) in [6.07, 6.45) is 3.24. The molecular formula is C25H20FN3O4. The van der Waals surface area contributed by atoms with Crippen LogP contribution in [-0.2, 0) is 6.61 Å². The molecule has 0 saturated carbocycles. The molecule has 33 heavy (non-hydrogen) atoms. The number of nitrogens with zero attached hydrogens (tertiary/aromatic N) is 2. The molecule has 0 aliphatic rings. The average molecular weight is 445 g/mol. The number of halogens is 1. The second-order valence-corrected chi connectivity index (χ2v) is 7.29. The summed E-state index contributed by atoms with van der Waals surface area (Å²) in [7, 11) is 0. The number of hydrogen-bond donors (Lipinski definition) is 1. The molecule has 1 N–H and O–H groups in total. The molecule has 8 heteroatoms. The van der Waals surface area contributed by atoms with Gasteiger partial charge in [-0.2, -0.15) is 0 Å². The predicted molar refractivity (Wildman–Crippen MR) is 117 cm³/mol. The lowest BCUT2D eigenvalue weighted by Gasteiger charge is -2.19. The van der Waals surface area contributed by atoms with Crippen molar-refractivity contribution in [3.8, 4) is 5.75 Å². The van der Waals surface area contributed by atoms with E-state index in [0.717, 1.165) is 5.56 Å². The minimum atomic E-state index is -0.530. The van der Waals surface area contributed by atoms with Crippen molar-refractivity contribution in [2.75, 3.05) is 0 Å². The van der Waals surface area contributed by atoms with Crippen LogP contribution in [0.1, 0.15) is 50.7 Å². The molecule has 4 rings (SSSR count). The van der Waals surface area contributed by atoms with Crippen LogP contribution in [0.25, 0.3) is 0 Å². The van der Waals surface area contributed by atoms with Crippen LogP contribution >= 0.6 is 0 Å². The highest BCUT2D eigenvalue weighted by molar-refractivity contribution is 5.94. The summed E-state index contributed by atoms with van der Waals surface area (Å²) >= 11 is 0. The molecule has 0 aliphatic heterocycles. The van der Waals surface area contributed by atoms with Gasteiger partial charge >= 0.3 is 0 Å². The van der Waals surface area contributed by atoms with Gasteiger partial charge in [-0.25, -0.2) is 4.39 Å². The number of amides is 1. The number of Topliss-reactive ketones (excluding diaryl/α,β-unsaturated/α-hetero) is 1. The molecule has 2 aromatic heterocycles. The highest BCUT2D eigenvalue weighted by Gasteiger charge is 2.20. The zero-order chi connectivity index (χ0) is 23.2. The van der Waals surface area contributed by atoms with Crippen LogP contribution in [-0.4, -0.2) is 21.8 Å². The largest absolute Gasteiger partial charge is 0.486 e. The van der Waals surface area contributed by atoms with Crippen LogP contribution in [0.2, 0.25) is 0 Å². The van der Waals surface area contributed by atoms with Gasteiger partial charge in [-0.05, 0) is 66.6 Å². The minimum Gasteiger partial charge on any atom is -0.486 e. The first-order valence-corrected chi connectivity index (χ1v) is 10.2. The van der Waals surface area contributed by atoms with Crippen LogP contribution < -0.4 is 10.1 Å². The number of ether oxygens (including phenoxy) is 1. The topological polar surface area (TPSA) is 94.3 Å². The lowest BCUT2D eigenvalue weighted by atomic mass is 9.99. The van der Waals surface area contributed by atoms with E-state index in [0.29, 0.717) is 22.6 Å². The molecule has 0 saturated heterocycles. The van der Waals surface area contributed by atoms with Gasteiger partial charge in [0.15, 0.2) is 17.2 Å². The maximum Gasteiger partial charge on any atom is 0.274 e. The number of nitrogens with one attached hydrogen (secondary N) is 1. The molecule has 0 bridgehead atoms. The number of rotatable bonds is 8. The summed E-state index contributed by atoms with van der Waals surface area (Å²) in [5.41, 5.74) is 2.16. The molecule has 0 spiro atoms. The number of benzene rings is 2. The maximum absolute atomic E-state index is 13.4. The van der Waals surface area contributed by atoms with Gasteiger partial charge in [-0.3, -0.25) is 14.6 Å². The van der Waals surface area contributed by atoms with Gasteiger partial charge in [-0.1, -0.05) is 17.3 Å². The summed E-state index contributed by atoms with van der Waals surface area (Å²) in [4.78, 5) is 28.2. The van der Waals surface area contributed by atoms with Gasteiger partial charge in [0, 0.05) is 24.0 Å². The number of ketones is 1. The van der Waals surface area contributed by atoms with Crippen LogP contribution in [0.4, 0.5) is 4.39 Å². The molecule has 2 aromatic carbocycles. The van der Waals surface area contributed by atoms with E-state index in [1.165, 1.54) is 25.1 Å². The van der Waals surface area contributed by atoms with Crippen molar-refractivity contribution in [1.29, 1.82) is 0 Å². The summed E-state index contributed by atoms with van der Waals surface area (Å²) in [6.45, 7) is 1.55. The molecule has 1 amide bonds. The summed E-state index contributed by atoms with van der Waals surface area (Å²) < 4.78 is 24.2. The first kappa shape index (κ1) is 21.9. The number of pyridine rings is 1. The van der Waals surface area contributed by atoms with Crippen molar-refractivity contribution in [3.05, 3.63) is 113 Å². The maximum atomic E-state index is 13.4. The fourth-order valence-electron chi connectivity index (χ4n) is 3.20. The molecule has 0 aliphatic carbocycles. The first-order valence-electron chi connectivity index (χ1n) is 10.2. The molecule has 0 radical (unpaired) electrons. The SMILES string of the molecule is CC(=O)c1ccc(OCc2cc(C(=O)N[C@H](c3ccncc3)c3ccc(F)cc3)no2)cc1. The highest BCUT2D eigenvalue weighted by Crippen LogP contribution is 2.23. The smallest absolute Gasteiger partial charge is 0.274 e. The summed E-state index contributed by atoms with van der Waals surface area (Å²) in [5.74, 6) is 0.0604. The number of hydrogen-bond acceptors (Lipinski definition) is 6. The molecule has 7 nitrogen and oxygen atoms in total. The van der Waals surface area contributed by atoms with Crippen molar-refractivity contribution in [2.45, 2.75) is 19.6 Å². The molecule has 1 atom stereocenters. The van der Waals surface area contributed by atoms with E-state index in [2.05, 4.69) is 15.5 Å². The van der Waals surface area contributed by atoms with Crippen molar-refractivity contribution >= 4 is 11.7 Å². The number of aromatic nitrogens is 2. The van der Waals surface area contributed by atoms with E-state index in [-0.39, 0.29) is 23.9 Å². The highest BCUT2D eigenvalue weighted by atomic mass is 19.1. The Morgan fingerprint density at radius 3 is 2.33 bits per heavy atom. The standard InChI is InChI=1S/C25H20FN3O4/c1-16(30)17-4-8-21(9-5-17)32-15-22-14-23(29-33-22)25(31)28-24(19-10-12-27-13-11-19)18-2-6-20(26)7-3-18/h2-14,24H,15H2,1H3,(H,28,31)/t24-/m0/s1. The van der Waals surface area contributed by atoms with Crippen LogP contribution in [0.15, 0.2) is 83.6 Å². The quantitative estimate of drug-likeness (QED) is 0.401. The van der Waals surface area contributed by atoms with E-state index in [1.54, 1.807) is 60.9 Å². The summed E-state index contributed by atoms with van der Waals surface area (Å²) in [6, 6.07) is 17.1. The summed E-state index contributed by atoms with van der Waals surface area (Å²) in [5, 5.41) is 6.74. The first-order chi connectivity index (χ1) is 16.0. The molecule has 2 heterocycles. The van der Waals surface area contributed by atoms with Crippen LogP contribution in [0, 0.1) is 5.82 Å². The zero-order valence-electron chi connectivity index (χ0n) is 17.7. The normalized spacial score (nSPS) is 11.6. The van der Waals surface area contributed by atoms with E-state index >= 15 is 0 Å². The second kappa shape index (κ2) is 9.86. The van der Waals surface area contributed by atoms with Crippen LogP contribution in [0.3, 0.4) is 0 Å². The Hall–Kier alpha value is -4.33. The lowest BCUT2D eigenvalue weighted by Crippen LogP contribution is -2.29. The fraction of sp³-hybridized carbons (Fsp3) is 0.120. The third-order valence-corrected chi connectivity index (χ3v) is 4.95. The Kier molecular flexibility index (Phi) is 6.54. The molecular weight excluding hydrogens is 425 g/mol. The molecule has 166 valence electrons. The second-order valence-electron chi connectivity index (χ2n) is 7.29. The third kappa shape index (κ3) is 5.48. The van der Waals surface area contributed by atoms with Gasteiger partial charge in [0.05, 0.1) is 6.04 Å². The Bertz CT molecular complexity index is 1240. The minimum absolute atomic E-state index is 0.0295. The van der Waals surface area contributed by atoms with E-state index in [4.69, 9.17) is 9.26 Å². The predicted octanol–water partition coefficient (Wildman–Crippen LogP) is 4.51. The monoisotopic (exact) mass is 445 g/mol. The fourth-order valence-corrected chi connectivity index (χ4v) is 3.20. The average Bonchev–Trinajstić information content (AvgIpc) is 3.32. The van der Waals surface area contributed by atoms with Crippen LogP contribution in [0.5, 0.6) is 5.75 Å². The van der Waals surface area contributed by atoms with Crippen molar-refractivity contribution in [2.24, 2.45) is 0 Å².